The number of fused-ring (bicyclic) bond motifs is 6. The molecule has 13 aromatic carbocycles. The Balaban J connectivity index is 0.724. The van der Waals surface area contributed by atoms with Crippen molar-refractivity contribution in [3.05, 3.63) is 315 Å². The van der Waals surface area contributed by atoms with Gasteiger partial charge in [-0.25, -0.2) is 0 Å². The van der Waals surface area contributed by atoms with Crippen molar-refractivity contribution in [1.82, 2.24) is 9.13 Å². The number of hydrogen-bond donors (Lipinski definition) is 0. The van der Waals surface area contributed by atoms with Gasteiger partial charge in [-0.2, -0.15) is 0 Å². The van der Waals surface area contributed by atoms with E-state index in [-0.39, 0.29) is 0 Å². The average Bonchev–Trinajstić information content (AvgIpc) is 4.23. The van der Waals surface area contributed by atoms with E-state index in [2.05, 4.69) is 325 Å². The standard InChI is InChI=1S/C78H52N2/c1-3-19-55(20-4-1)67-31-7-8-32-68(67)65-29-17-27-61(49-65)59-25-15-23-57(47-59)53-39-41-54(42-40-53)58-24-16-26-60(48-58)62-28-18-30-66(50-62)79-75-37-13-10-34-70(75)72-51-63(43-45-77(72)79)64-44-46-78-73(52-64)71-35-11-14-38-76(71)80(78)74-36-12-9-33-69(74)56-21-5-2-6-22-56/h1-52H. The molecule has 0 N–H and O–H groups in total. The van der Waals surface area contributed by atoms with E-state index in [0.717, 1.165) is 5.69 Å². The van der Waals surface area contributed by atoms with Gasteiger partial charge in [-0.1, -0.05) is 243 Å². The second-order valence-corrected chi connectivity index (χ2v) is 20.8. The second kappa shape index (κ2) is 19.8. The number of para-hydroxylation sites is 3. The van der Waals surface area contributed by atoms with Crippen molar-refractivity contribution in [2.24, 2.45) is 0 Å². The van der Waals surface area contributed by atoms with Crippen LogP contribution in [0.2, 0.25) is 0 Å². The Morgan fingerprint density at radius 1 is 0.163 bits per heavy atom. The van der Waals surface area contributed by atoms with Gasteiger partial charge >= 0.3 is 0 Å². The number of rotatable bonds is 10. The summed E-state index contributed by atoms with van der Waals surface area (Å²) in [6.45, 7) is 0. The molecule has 0 radical (unpaired) electrons. The first kappa shape index (κ1) is 46.7. The molecule has 374 valence electrons. The molecule has 2 nitrogen and oxygen atoms in total. The molecule has 0 atom stereocenters. The normalized spacial score (nSPS) is 11.5. The SMILES string of the molecule is c1ccc(-c2ccccc2-c2cccc(-c3cccc(-c4ccc(-c5cccc(-c6cccc(-n7c8ccccc8c8cc(-c9ccc%10c(c9)c9ccccc9n%10-c9ccccc9-c9ccccc9)ccc87)c6)c5)cc4)c3)c2)cc1. The van der Waals surface area contributed by atoms with Gasteiger partial charge in [-0.15, -0.1) is 0 Å². The predicted molar refractivity (Wildman–Crippen MR) is 339 cm³/mol. The summed E-state index contributed by atoms with van der Waals surface area (Å²) in [5.41, 5.74) is 26.3. The molecule has 15 aromatic rings. The van der Waals surface area contributed by atoms with Gasteiger partial charge in [0.05, 0.1) is 27.8 Å². The third-order valence-corrected chi connectivity index (χ3v) is 16.1. The quantitative estimate of drug-likeness (QED) is 0.129. The van der Waals surface area contributed by atoms with Gasteiger partial charge in [-0.05, 0) is 156 Å². The van der Waals surface area contributed by atoms with E-state index in [0.29, 0.717) is 0 Å². The lowest BCUT2D eigenvalue weighted by Crippen LogP contribution is -1.97. The van der Waals surface area contributed by atoms with Gasteiger partial charge in [0.2, 0.25) is 0 Å². The van der Waals surface area contributed by atoms with Crippen LogP contribution in [0.1, 0.15) is 0 Å². The zero-order valence-electron chi connectivity index (χ0n) is 43.9. The van der Waals surface area contributed by atoms with Gasteiger partial charge < -0.3 is 9.13 Å². The highest BCUT2D eigenvalue weighted by molar-refractivity contribution is 6.13. The molecule has 0 spiro atoms. The molecule has 15 rings (SSSR count). The summed E-state index contributed by atoms with van der Waals surface area (Å²) in [7, 11) is 0. The van der Waals surface area contributed by atoms with Crippen LogP contribution in [0.3, 0.4) is 0 Å². The molecule has 0 amide bonds. The van der Waals surface area contributed by atoms with Crippen molar-refractivity contribution >= 4 is 43.6 Å². The maximum absolute atomic E-state index is 2.43. The van der Waals surface area contributed by atoms with Crippen LogP contribution in [0, 0.1) is 0 Å². The number of benzene rings is 13. The Kier molecular flexibility index (Phi) is 11.6. The van der Waals surface area contributed by atoms with Crippen molar-refractivity contribution < 1.29 is 0 Å². The Bertz CT molecular complexity index is 4810. The monoisotopic (exact) mass is 1020 g/mol. The Morgan fingerprint density at radius 3 is 1.06 bits per heavy atom. The first-order valence-corrected chi connectivity index (χ1v) is 27.6. The molecule has 2 heterocycles. The molecule has 0 saturated carbocycles. The molecule has 0 fully saturated rings. The number of aromatic nitrogens is 2. The van der Waals surface area contributed by atoms with Crippen LogP contribution in [0.5, 0.6) is 0 Å². The molecule has 0 saturated heterocycles. The Hall–Kier alpha value is -10.5. The average molecular weight is 1020 g/mol. The molecule has 2 aromatic heterocycles. The highest BCUT2D eigenvalue weighted by Crippen LogP contribution is 2.42. The highest BCUT2D eigenvalue weighted by Gasteiger charge is 2.19. The van der Waals surface area contributed by atoms with Gasteiger partial charge in [-0.3, -0.25) is 0 Å². The lowest BCUT2D eigenvalue weighted by atomic mass is 9.92. The summed E-state index contributed by atoms with van der Waals surface area (Å²) in [4.78, 5) is 0. The minimum Gasteiger partial charge on any atom is -0.309 e. The fraction of sp³-hybridized carbons (Fsp3) is 0. The van der Waals surface area contributed by atoms with E-state index < -0.39 is 0 Å². The lowest BCUT2D eigenvalue weighted by Gasteiger charge is -2.14. The van der Waals surface area contributed by atoms with Crippen molar-refractivity contribution in [3.63, 3.8) is 0 Å². The third-order valence-electron chi connectivity index (χ3n) is 16.1. The van der Waals surface area contributed by atoms with Crippen LogP contribution >= 0.6 is 0 Å². The molecule has 0 aliphatic rings. The zero-order chi connectivity index (χ0) is 52.9. The first-order chi connectivity index (χ1) is 39.7. The van der Waals surface area contributed by atoms with E-state index in [1.165, 1.54) is 138 Å². The fourth-order valence-corrected chi connectivity index (χ4v) is 12.3. The van der Waals surface area contributed by atoms with E-state index in [9.17, 15) is 0 Å². The molecule has 0 aliphatic heterocycles. The minimum absolute atomic E-state index is 1.13. The van der Waals surface area contributed by atoms with E-state index in [1.807, 2.05) is 0 Å². The molecular formula is C78H52N2. The number of nitrogens with zero attached hydrogens (tertiary/aromatic N) is 2. The smallest absolute Gasteiger partial charge is 0.0541 e. The summed E-state index contributed by atoms with van der Waals surface area (Å²) in [6, 6.07) is 115. The van der Waals surface area contributed by atoms with E-state index in [1.54, 1.807) is 0 Å². The molecule has 2 heteroatoms. The lowest BCUT2D eigenvalue weighted by molar-refractivity contribution is 1.18. The van der Waals surface area contributed by atoms with E-state index in [4.69, 9.17) is 0 Å². The summed E-state index contributed by atoms with van der Waals surface area (Å²) in [6.07, 6.45) is 0. The largest absolute Gasteiger partial charge is 0.309 e. The van der Waals surface area contributed by atoms with Crippen LogP contribution in [-0.2, 0) is 0 Å². The van der Waals surface area contributed by atoms with Gasteiger partial charge in [0.1, 0.15) is 0 Å². The van der Waals surface area contributed by atoms with Crippen molar-refractivity contribution in [2.75, 3.05) is 0 Å². The van der Waals surface area contributed by atoms with Crippen LogP contribution in [-0.4, -0.2) is 9.13 Å². The summed E-state index contributed by atoms with van der Waals surface area (Å²) in [5.74, 6) is 0. The maximum Gasteiger partial charge on any atom is 0.0541 e. The molecule has 0 unspecified atom stereocenters. The van der Waals surface area contributed by atoms with Crippen LogP contribution in [0.25, 0.3) is 144 Å². The summed E-state index contributed by atoms with van der Waals surface area (Å²) in [5, 5.41) is 4.94. The van der Waals surface area contributed by atoms with Crippen LogP contribution in [0.4, 0.5) is 0 Å². The maximum atomic E-state index is 2.43. The Morgan fingerprint density at radius 2 is 0.500 bits per heavy atom. The minimum atomic E-state index is 1.13. The van der Waals surface area contributed by atoms with Crippen molar-refractivity contribution in [1.29, 1.82) is 0 Å². The van der Waals surface area contributed by atoms with Gasteiger partial charge in [0.15, 0.2) is 0 Å². The first-order valence-electron chi connectivity index (χ1n) is 27.6. The summed E-state index contributed by atoms with van der Waals surface area (Å²) < 4.78 is 4.86. The van der Waals surface area contributed by atoms with E-state index >= 15 is 0 Å². The topological polar surface area (TPSA) is 9.86 Å². The number of hydrogen-bond acceptors (Lipinski definition) is 0. The molecule has 80 heavy (non-hydrogen) atoms. The highest BCUT2D eigenvalue weighted by atomic mass is 15.0. The van der Waals surface area contributed by atoms with Crippen molar-refractivity contribution in [3.8, 4) is 100 Å². The fourth-order valence-electron chi connectivity index (χ4n) is 12.3. The van der Waals surface area contributed by atoms with Gasteiger partial charge in [0, 0.05) is 32.8 Å². The zero-order valence-corrected chi connectivity index (χ0v) is 43.9. The Labute approximate surface area is 466 Å². The predicted octanol–water partition coefficient (Wildman–Crippen LogP) is 21.2. The molecule has 0 bridgehead atoms. The van der Waals surface area contributed by atoms with Crippen LogP contribution < -0.4 is 0 Å². The third kappa shape index (κ3) is 8.30. The van der Waals surface area contributed by atoms with Crippen LogP contribution in [0.15, 0.2) is 315 Å². The summed E-state index contributed by atoms with van der Waals surface area (Å²) >= 11 is 0. The van der Waals surface area contributed by atoms with Crippen molar-refractivity contribution in [2.45, 2.75) is 0 Å². The van der Waals surface area contributed by atoms with Gasteiger partial charge in [0.25, 0.3) is 0 Å². The molecule has 0 aliphatic carbocycles. The molecular weight excluding hydrogens is 965 g/mol. The second-order valence-electron chi connectivity index (χ2n) is 20.8.